The SMILES string of the molecule is CNC1CCCCCC1OC1CCOCC1. The van der Waals surface area contributed by atoms with Gasteiger partial charge >= 0.3 is 0 Å². The average Bonchev–Trinajstić information content (AvgIpc) is 2.55. The fraction of sp³-hybridized carbons (Fsp3) is 1.00. The number of hydrogen-bond donors (Lipinski definition) is 1. The van der Waals surface area contributed by atoms with Crippen molar-refractivity contribution in [1.29, 1.82) is 0 Å². The number of nitrogens with one attached hydrogen (secondary N) is 1. The molecule has 3 heteroatoms. The van der Waals surface area contributed by atoms with E-state index in [4.69, 9.17) is 9.47 Å². The Bertz CT molecular complexity index is 192. The molecule has 1 aliphatic heterocycles. The first-order chi connectivity index (χ1) is 7.90. The van der Waals surface area contributed by atoms with Crippen molar-refractivity contribution in [3.05, 3.63) is 0 Å². The molecule has 1 saturated carbocycles. The van der Waals surface area contributed by atoms with E-state index in [-0.39, 0.29) is 0 Å². The van der Waals surface area contributed by atoms with Gasteiger partial charge in [-0.2, -0.15) is 0 Å². The molecule has 2 rings (SSSR count). The number of likely N-dealkylation sites (N-methyl/N-ethyl adjacent to an activating group) is 1. The van der Waals surface area contributed by atoms with Crippen molar-refractivity contribution in [3.63, 3.8) is 0 Å². The van der Waals surface area contributed by atoms with Gasteiger partial charge in [-0.05, 0) is 32.7 Å². The third kappa shape index (κ3) is 3.44. The van der Waals surface area contributed by atoms with Crippen molar-refractivity contribution in [2.75, 3.05) is 20.3 Å². The van der Waals surface area contributed by atoms with Gasteiger partial charge < -0.3 is 14.8 Å². The smallest absolute Gasteiger partial charge is 0.0731 e. The van der Waals surface area contributed by atoms with Crippen LogP contribution < -0.4 is 5.32 Å². The lowest BCUT2D eigenvalue weighted by Crippen LogP contribution is -2.41. The van der Waals surface area contributed by atoms with Crippen molar-refractivity contribution in [3.8, 4) is 0 Å². The van der Waals surface area contributed by atoms with Crippen LogP contribution in [-0.4, -0.2) is 38.5 Å². The zero-order chi connectivity index (χ0) is 11.2. The summed E-state index contributed by atoms with van der Waals surface area (Å²) in [6, 6.07) is 0.561. The Labute approximate surface area is 98.9 Å². The van der Waals surface area contributed by atoms with E-state index < -0.39 is 0 Å². The average molecular weight is 227 g/mol. The molecule has 3 nitrogen and oxygen atoms in total. The van der Waals surface area contributed by atoms with Gasteiger partial charge in [-0.15, -0.1) is 0 Å². The zero-order valence-electron chi connectivity index (χ0n) is 10.4. The molecule has 0 aromatic carbocycles. The van der Waals surface area contributed by atoms with Crippen molar-refractivity contribution in [2.24, 2.45) is 0 Å². The second-order valence-corrected chi connectivity index (χ2v) is 5.02. The Kier molecular flexibility index (Phi) is 5.07. The molecule has 2 unspecified atom stereocenters. The molecule has 94 valence electrons. The van der Waals surface area contributed by atoms with Gasteiger partial charge in [0, 0.05) is 19.3 Å². The topological polar surface area (TPSA) is 30.5 Å². The first-order valence-corrected chi connectivity index (χ1v) is 6.80. The fourth-order valence-electron chi connectivity index (χ4n) is 2.83. The Morgan fingerprint density at radius 1 is 1.00 bits per heavy atom. The van der Waals surface area contributed by atoms with Gasteiger partial charge in [-0.25, -0.2) is 0 Å². The van der Waals surface area contributed by atoms with Gasteiger partial charge in [0.1, 0.15) is 0 Å². The van der Waals surface area contributed by atoms with Gasteiger partial charge in [0.2, 0.25) is 0 Å². The van der Waals surface area contributed by atoms with Crippen LogP contribution in [0.2, 0.25) is 0 Å². The maximum Gasteiger partial charge on any atom is 0.0731 e. The quantitative estimate of drug-likeness (QED) is 0.749. The largest absolute Gasteiger partial charge is 0.381 e. The molecule has 0 aromatic rings. The summed E-state index contributed by atoms with van der Waals surface area (Å²) in [7, 11) is 2.07. The first-order valence-electron chi connectivity index (χ1n) is 6.80. The van der Waals surface area contributed by atoms with Crippen LogP contribution in [0.3, 0.4) is 0 Å². The Hall–Kier alpha value is -0.120. The maximum absolute atomic E-state index is 6.27. The van der Waals surface area contributed by atoms with Crippen molar-refractivity contribution >= 4 is 0 Å². The molecule has 0 amide bonds. The van der Waals surface area contributed by atoms with Crippen molar-refractivity contribution in [1.82, 2.24) is 5.32 Å². The second kappa shape index (κ2) is 6.58. The third-order valence-electron chi connectivity index (χ3n) is 3.86. The molecule has 0 bridgehead atoms. The summed E-state index contributed by atoms with van der Waals surface area (Å²) in [5.74, 6) is 0. The molecule has 0 radical (unpaired) electrons. The highest BCUT2D eigenvalue weighted by molar-refractivity contribution is 4.80. The molecule has 0 spiro atoms. The Balaban J connectivity index is 1.83. The first kappa shape index (κ1) is 12.3. The molecule has 0 aromatic heterocycles. The number of hydrogen-bond acceptors (Lipinski definition) is 3. The monoisotopic (exact) mass is 227 g/mol. The molecular weight excluding hydrogens is 202 g/mol. The minimum atomic E-state index is 0.426. The Morgan fingerprint density at radius 3 is 2.50 bits per heavy atom. The van der Waals surface area contributed by atoms with Crippen LogP contribution in [-0.2, 0) is 9.47 Å². The van der Waals surface area contributed by atoms with Crippen LogP contribution in [0.4, 0.5) is 0 Å². The highest BCUT2D eigenvalue weighted by atomic mass is 16.5. The van der Waals surface area contributed by atoms with E-state index in [1.807, 2.05) is 0 Å². The molecular formula is C13H25NO2. The van der Waals surface area contributed by atoms with E-state index >= 15 is 0 Å². The lowest BCUT2D eigenvalue weighted by molar-refractivity contribution is -0.0804. The molecule has 2 aliphatic rings. The van der Waals surface area contributed by atoms with Crippen LogP contribution in [0.25, 0.3) is 0 Å². The van der Waals surface area contributed by atoms with Crippen molar-refractivity contribution < 1.29 is 9.47 Å². The Morgan fingerprint density at radius 2 is 1.75 bits per heavy atom. The minimum absolute atomic E-state index is 0.426. The van der Waals surface area contributed by atoms with Gasteiger partial charge in [-0.3, -0.25) is 0 Å². The number of rotatable bonds is 3. The summed E-state index contributed by atoms with van der Waals surface area (Å²) in [5, 5.41) is 3.43. The van der Waals surface area contributed by atoms with E-state index in [2.05, 4.69) is 12.4 Å². The predicted octanol–water partition coefficient (Wildman–Crippen LogP) is 2.10. The molecule has 2 atom stereocenters. The van der Waals surface area contributed by atoms with E-state index in [0.29, 0.717) is 18.2 Å². The molecule has 2 fully saturated rings. The molecule has 1 saturated heterocycles. The summed E-state index contributed by atoms with van der Waals surface area (Å²) >= 11 is 0. The van der Waals surface area contributed by atoms with Crippen LogP contribution >= 0.6 is 0 Å². The maximum atomic E-state index is 6.27. The van der Waals surface area contributed by atoms with Gasteiger partial charge in [0.05, 0.1) is 12.2 Å². The lowest BCUT2D eigenvalue weighted by atomic mass is 10.0. The number of ether oxygens (including phenoxy) is 2. The van der Waals surface area contributed by atoms with E-state index in [9.17, 15) is 0 Å². The van der Waals surface area contributed by atoms with Crippen LogP contribution in [0.15, 0.2) is 0 Å². The highest BCUT2D eigenvalue weighted by Crippen LogP contribution is 2.24. The summed E-state index contributed by atoms with van der Waals surface area (Å²) in [6.07, 6.45) is 9.55. The fourth-order valence-corrected chi connectivity index (χ4v) is 2.83. The summed E-state index contributed by atoms with van der Waals surface area (Å²) in [6.45, 7) is 1.75. The summed E-state index contributed by atoms with van der Waals surface area (Å²) in [4.78, 5) is 0. The predicted molar refractivity (Wildman–Crippen MR) is 64.6 cm³/mol. The molecule has 1 aliphatic carbocycles. The zero-order valence-corrected chi connectivity index (χ0v) is 10.4. The third-order valence-corrected chi connectivity index (χ3v) is 3.86. The van der Waals surface area contributed by atoms with E-state index in [0.717, 1.165) is 26.1 Å². The molecule has 16 heavy (non-hydrogen) atoms. The van der Waals surface area contributed by atoms with Crippen molar-refractivity contribution in [2.45, 2.75) is 63.2 Å². The molecule has 1 N–H and O–H groups in total. The van der Waals surface area contributed by atoms with E-state index in [1.54, 1.807) is 0 Å². The molecule has 1 heterocycles. The standard InChI is InChI=1S/C13H25NO2/c1-14-12-5-3-2-4-6-13(12)16-11-7-9-15-10-8-11/h11-14H,2-10H2,1H3. The summed E-state index contributed by atoms with van der Waals surface area (Å²) < 4.78 is 11.6. The minimum Gasteiger partial charge on any atom is -0.381 e. The normalized spacial score (nSPS) is 33.6. The lowest BCUT2D eigenvalue weighted by Gasteiger charge is -2.31. The summed E-state index contributed by atoms with van der Waals surface area (Å²) in [5.41, 5.74) is 0. The highest BCUT2D eigenvalue weighted by Gasteiger charge is 2.26. The van der Waals surface area contributed by atoms with Crippen LogP contribution in [0.5, 0.6) is 0 Å². The second-order valence-electron chi connectivity index (χ2n) is 5.02. The van der Waals surface area contributed by atoms with E-state index in [1.165, 1.54) is 32.1 Å². The van der Waals surface area contributed by atoms with Crippen LogP contribution in [0.1, 0.15) is 44.9 Å². The van der Waals surface area contributed by atoms with Gasteiger partial charge in [0.25, 0.3) is 0 Å². The van der Waals surface area contributed by atoms with Gasteiger partial charge in [0.15, 0.2) is 0 Å². The van der Waals surface area contributed by atoms with Crippen LogP contribution in [0, 0.1) is 0 Å². The van der Waals surface area contributed by atoms with Gasteiger partial charge in [-0.1, -0.05) is 19.3 Å².